The quantitative estimate of drug-likeness (QED) is 0.944. The number of fused-ring (bicyclic) bond motifs is 1. The molecule has 0 fully saturated rings. The standard InChI is InChI=1S/C16H16N2O3S/c1-12-5-4-6-13(9-12)11-22(20,21)18-10-16(19)17-14-7-2-3-8-15(14)18/h2-9H,10-11H2,1H3,(H,17,19). The van der Waals surface area contributed by atoms with Crippen LogP contribution in [-0.2, 0) is 20.6 Å². The molecule has 3 rings (SSSR count). The van der Waals surface area contributed by atoms with E-state index in [1.165, 1.54) is 4.31 Å². The van der Waals surface area contributed by atoms with Gasteiger partial charge in [0, 0.05) is 0 Å². The SMILES string of the molecule is Cc1cccc(CS(=O)(=O)N2CC(=O)Nc3ccccc32)c1. The first-order chi connectivity index (χ1) is 10.5. The number of rotatable bonds is 3. The smallest absolute Gasteiger partial charge is 0.245 e. The van der Waals surface area contributed by atoms with Gasteiger partial charge in [-0.15, -0.1) is 0 Å². The van der Waals surface area contributed by atoms with Crippen LogP contribution in [0.3, 0.4) is 0 Å². The fraction of sp³-hybridized carbons (Fsp3) is 0.188. The van der Waals surface area contributed by atoms with Crippen molar-refractivity contribution in [3.63, 3.8) is 0 Å². The second kappa shape index (κ2) is 5.46. The first kappa shape index (κ1) is 14.6. The minimum absolute atomic E-state index is 0.129. The van der Waals surface area contributed by atoms with Gasteiger partial charge in [0.05, 0.1) is 17.1 Å². The number of hydrogen-bond acceptors (Lipinski definition) is 3. The van der Waals surface area contributed by atoms with E-state index in [0.717, 1.165) is 5.56 Å². The van der Waals surface area contributed by atoms with Crippen LogP contribution in [0.1, 0.15) is 11.1 Å². The highest BCUT2D eigenvalue weighted by Crippen LogP contribution is 2.31. The van der Waals surface area contributed by atoms with Gasteiger partial charge in [-0.25, -0.2) is 8.42 Å². The van der Waals surface area contributed by atoms with Crippen molar-refractivity contribution in [1.82, 2.24) is 0 Å². The Labute approximate surface area is 129 Å². The lowest BCUT2D eigenvalue weighted by atomic mass is 10.2. The van der Waals surface area contributed by atoms with Gasteiger partial charge in [-0.2, -0.15) is 0 Å². The van der Waals surface area contributed by atoms with Crippen molar-refractivity contribution >= 4 is 27.3 Å². The van der Waals surface area contributed by atoms with Gasteiger partial charge >= 0.3 is 0 Å². The molecule has 1 aliphatic rings. The van der Waals surface area contributed by atoms with Gasteiger partial charge in [0.25, 0.3) is 0 Å². The Morgan fingerprint density at radius 3 is 2.68 bits per heavy atom. The second-order valence-corrected chi connectivity index (χ2v) is 7.21. The molecular weight excluding hydrogens is 300 g/mol. The molecule has 2 aromatic rings. The molecule has 0 spiro atoms. The molecule has 5 nitrogen and oxygen atoms in total. The van der Waals surface area contributed by atoms with Crippen LogP contribution in [0.25, 0.3) is 0 Å². The molecule has 1 aliphatic heterocycles. The number of para-hydroxylation sites is 2. The Morgan fingerprint density at radius 1 is 1.14 bits per heavy atom. The van der Waals surface area contributed by atoms with E-state index in [1.807, 2.05) is 25.1 Å². The Morgan fingerprint density at radius 2 is 1.91 bits per heavy atom. The summed E-state index contributed by atoms with van der Waals surface area (Å²) in [6.45, 7) is 1.73. The maximum atomic E-state index is 12.7. The van der Waals surface area contributed by atoms with Crippen LogP contribution in [0, 0.1) is 6.92 Å². The highest BCUT2D eigenvalue weighted by atomic mass is 32.2. The van der Waals surface area contributed by atoms with Crippen molar-refractivity contribution in [2.45, 2.75) is 12.7 Å². The molecule has 0 bridgehead atoms. The second-order valence-electron chi connectivity index (χ2n) is 5.32. The van der Waals surface area contributed by atoms with E-state index >= 15 is 0 Å². The van der Waals surface area contributed by atoms with Crippen LogP contribution in [0.15, 0.2) is 48.5 Å². The highest BCUT2D eigenvalue weighted by Gasteiger charge is 2.30. The summed E-state index contributed by atoms with van der Waals surface area (Å²) in [7, 11) is -3.63. The van der Waals surface area contributed by atoms with Gasteiger partial charge in [0.2, 0.25) is 15.9 Å². The van der Waals surface area contributed by atoms with Crippen molar-refractivity contribution in [3.05, 3.63) is 59.7 Å². The number of aryl methyl sites for hydroxylation is 1. The summed E-state index contributed by atoms with van der Waals surface area (Å²) < 4.78 is 26.6. The van der Waals surface area contributed by atoms with Crippen molar-refractivity contribution in [2.75, 3.05) is 16.2 Å². The average Bonchev–Trinajstić information content (AvgIpc) is 2.45. The Bertz CT molecular complexity index is 831. The first-order valence-corrected chi connectivity index (χ1v) is 8.51. The lowest BCUT2D eigenvalue weighted by molar-refractivity contribution is -0.115. The van der Waals surface area contributed by atoms with Crippen molar-refractivity contribution < 1.29 is 13.2 Å². The van der Waals surface area contributed by atoms with Crippen LogP contribution in [0.2, 0.25) is 0 Å². The van der Waals surface area contributed by atoms with Gasteiger partial charge in [0.15, 0.2) is 0 Å². The molecule has 0 saturated carbocycles. The average molecular weight is 316 g/mol. The maximum absolute atomic E-state index is 12.7. The first-order valence-electron chi connectivity index (χ1n) is 6.90. The number of nitrogens with zero attached hydrogens (tertiary/aromatic N) is 1. The molecule has 0 atom stereocenters. The number of benzene rings is 2. The third-order valence-corrected chi connectivity index (χ3v) is 5.20. The third kappa shape index (κ3) is 2.82. The monoisotopic (exact) mass is 316 g/mol. The molecule has 1 heterocycles. The summed E-state index contributed by atoms with van der Waals surface area (Å²) >= 11 is 0. The molecule has 0 aromatic heterocycles. The third-order valence-electron chi connectivity index (χ3n) is 3.50. The number of carbonyl (C=O) groups is 1. The van der Waals surface area contributed by atoms with Crippen LogP contribution in [-0.4, -0.2) is 20.9 Å². The summed E-state index contributed by atoms with van der Waals surface area (Å²) in [6, 6.07) is 14.3. The Balaban J connectivity index is 1.97. The minimum Gasteiger partial charge on any atom is -0.323 e. The molecule has 1 N–H and O–H groups in total. The summed E-state index contributed by atoms with van der Waals surface area (Å²) in [5.41, 5.74) is 2.74. The Kier molecular flexibility index (Phi) is 3.62. The molecule has 0 aliphatic carbocycles. The summed E-state index contributed by atoms with van der Waals surface area (Å²) in [4.78, 5) is 11.8. The number of carbonyl (C=O) groups excluding carboxylic acids is 1. The van der Waals surface area contributed by atoms with Crippen LogP contribution in [0.5, 0.6) is 0 Å². The van der Waals surface area contributed by atoms with Gasteiger partial charge < -0.3 is 5.32 Å². The number of anilines is 2. The molecule has 0 radical (unpaired) electrons. The fourth-order valence-corrected chi connectivity index (χ4v) is 4.07. The zero-order chi connectivity index (χ0) is 15.7. The van der Waals surface area contributed by atoms with E-state index < -0.39 is 10.0 Å². The zero-order valence-electron chi connectivity index (χ0n) is 12.1. The molecule has 2 aromatic carbocycles. The van der Waals surface area contributed by atoms with Crippen LogP contribution in [0.4, 0.5) is 11.4 Å². The van der Waals surface area contributed by atoms with Gasteiger partial charge in [-0.3, -0.25) is 9.10 Å². The normalized spacial score (nSPS) is 14.4. The lowest BCUT2D eigenvalue weighted by Gasteiger charge is -2.30. The molecule has 114 valence electrons. The predicted octanol–water partition coefficient (Wildman–Crippen LogP) is 2.28. The van der Waals surface area contributed by atoms with Gasteiger partial charge in [0.1, 0.15) is 6.54 Å². The van der Waals surface area contributed by atoms with Gasteiger partial charge in [-0.05, 0) is 24.6 Å². The van der Waals surface area contributed by atoms with E-state index in [1.54, 1.807) is 30.3 Å². The van der Waals surface area contributed by atoms with E-state index in [4.69, 9.17) is 0 Å². The van der Waals surface area contributed by atoms with Gasteiger partial charge in [-0.1, -0.05) is 42.0 Å². The molecule has 0 saturated heterocycles. The highest BCUT2D eigenvalue weighted by molar-refractivity contribution is 7.92. The molecule has 22 heavy (non-hydrogen) atoms. The number of hydrogen-bond donors (Lipinski definition) is 1. The number of nitrogens with one attached hydrogen (secondary N) is 1. The minimum atomic E-state index is -3.63. The molecule has 6 heteroatoms. The Hall–Kier alpha value is -2.34. The molecule has 1 amide bonds. The zero-order valence-corrected chi connectivity index (χ0v) is 12.9. The van der Waals surface area contributed by atoms with E-state index in [-0.39, 0.29) is 18.2 Å². The number of sulfonamides is 1. The van der Waals surface area contributed by atoms with E-state index in [9.17, 15) is 13.2 Å². The topological polar surface area (TPSA) is 66.5 Å². The van der Waals surface area contributed by atoms with Crippen molar-refractivity contribution in [2.24, 2.45) is 0 Å². The molecule has 0 unspecified atom stereocenters. The maximum Gasteiger partial charge on any atom is 0.245 e. The largest absolute Gasteiger partial charge is 0.323 e. The molecular formula is C16H16N2O3S. The summed E-state index contributed by atoms with van der Waals surface area (Å²) in [5, 5.41) is 2.69. The fourth-order valence-electron chi connectivity index (χ4n) is 2.54. The lowest BCUT2D eigenvalue weighted by Crippen LogP contribution is -2.42. The van der Waals surface area contributed by atoms with Crippen LogP contribution < -0.4 is 9.62 Å². The summed E-state index contributed by atoms with van der Waals surface area (Å²) in [5.74, 6) is -0.456. The van der Waals surface area contributed by atoms with Crippen molar-refractivity contribution in [3.8, 4) is 0 Å². The van der Waals surface area contributed by atoms with Crippen molar-refractivity contribution in [1.29, 1.82) is 0 Å². The summed E-state index contributed by atoms with van der Waals surface area (Å²) in [6.07, 6.45) is 0. The number of amides is 1. The van der Waals surface area contributed by atoms with Crippen LogP contribution >= 0.6 is 0 Å². The van der Waals surface area contributed by atoms with E-state index in [2.05, 4.69) is 5.32 Å². The van der Waals surface area contributed by atoms with E-state index in [0.29, 0.717) is 16.9 Å². The predicted molar refractivity (Wildman–Crippen MR) is 86.2 cm³/mol.